The molecule has 3 aromatic rings. The lowest BCUT2D eigenvalue weighted by molar-refractivity contribution is 0.799. The van der Waals surface area contributed by atoms with Crippen molar-refractivity contribution in [1.29, 1.82) is 0 Å². The van der Waals surface area contributed by atoms with E-state index in [0.29, 0.717) is 5.92 Å². The van der Waals surface area contributed by atoms with Gasteiger partial charge in [0.1, 0.15) is 0 Å². The minimum atomic E-state index is 0.465. The molecule has 2 nitrogen and oxygen atoms in total. The summed E-state index contributed by atoms with van der Waals surface area (Å²) in [6.07, 6.45) is 2.84. The highest BCUT2D eigenvalue weighted by molar-refractivity contribution is 7.14. The zero-order chi connectivity index (χ0) is 14.8. The van der Waals surface area contributed by atoms with Gasteiger partial charge in [0.05, 0.1) is 16.1 Å². The number of aromatic amines is 1. The Kier molecular flexibility index (Phi) is 4.13. The predicted octanol–water partition coefficient (Wildman–Crippen LogP) is 5.51. The van der Waals surface area contributed by atoms with E-state index in [9.17, 15) is 0 Å². The number of nitrogens with zero attached hydrogens (tertiary/aromatic N) is 1. The molecule has 0 atom stereocenters. The fourth-order valence-corrected chi connectivity index (χ4v) is 3.63. The molecule has 0 radical (unpaired) electrons. The molecule has 0 fully saturated rings. The average Bonchev–Trinajstić information content (AvgIpc) is 3.09. The summed E-state index contributed by atoms with van der Waals surface area (Å²) in [5.74, 6) is 0.465. The lowest BCUT2D eigenvalue weighted by atomic mass is 9.99. The van der Waals surface area contributed by atoms with Gasteiger partial charge >= 0.3 is 0 Å². The molecule has 4 heteroatoms. The maximum Gasteiger partial charge on any atom is 0.0592 e. The molecule has 0 saturated carbocycles. The van der Waals surface area contributed by atoms with Crippen LogP contribution in [0, 0.1) is 0 Å². The third kappa shape index (κ3) is 3.04. The summed E-state index contributed by atoms with van der Waals surface area (Å²) in [7, 11) is 0. The van der Waals surface area contributed by atoms with Gasteiger partial charge in [-0.1, -0.05) is 49.7 Å². The molecule has 0 spiro atoms. The van der Waals surface area contributed by atoms with Crippen LogP contribution >= 0.6 is 22.9 Å². The average molecular weight is 317 g/mol. The van der Waals surface area contributed by atoms with Crippen molar-refractivity contribution in [2.45, 2.75) is 26.2 Å². The lowest BCUT2D eigenvalue weighted by Gasteiger charge is -2.07. The predicted molar refractivity (Wildman–Crippen MR) is 90.2 cm³/mol. The largest absolute Gasteiger partial charge is 0.282 e. The van der Waals surface area contributed by atoms with Crippen molar-refractivity contribution in [3.63, 3.8) is 0 Å². The van der Waals surface area contributed by atoms with E-state index in [-0.39, 0.29) is 0 Å². The topological polar surface area (TPSA) is 28.7 Å². The second-order valence-corrected chi connectivity index (χ2v) is 6.76. The van der Waals surface area contributed by atoms with E-state index in [1.54, 1.807) is 11.3 Å². The Morgan fingerprint density at radius 2 is 1.95 bits per heavy atom. The number of H-pyrrole nitrogens is 1. The first-order chi connectivity index (χ1) is 10.1. The van der Waals surface area contributed by atoms with Crippen LogP contribution < -0.4 is 0 Å². The summed E-state index contributed by atoms with van der Waals surface area (Å²) >= 11 is 7.86. The molecular formula is C17H17ClN2S. The Morgan fingerprint density at radius 3 is 2.57 bits per heavy atom. The van der Waals surface area contributed by atoms with Crippen molar-refractivity contribution in [2.24, 2.45) is 0 Å². The fourth-order valence-electron chi connectivity index (χ4n) is 2.46. The number of hydrogen-bond donors (Lipinski definition) is 1. The number of thiophene rings is 1. The monoisotopic (exact) mass is 316 g/mol. The fraction of sp³-hybridized carbons (Fsp3) is 0.235. The third-order valence-corrected chi connectivity index (χ3v) is 4.95. The number of rotatable bonds is 4. The summed E-state index contributed by atoms with van der Waals surface area (Å²) < 4.78 is 0. The van der Waals surface area contributed by atoms with Gasteiger partial charge in [-0.3, -0.25) is 5.10 Å². The Morgan fingerprint density at radius 1 is 1.19 bits per heavy atom. The van der Waals surface area contributed by atoms with Crippen LogP contribution in [0.2, 0.25) is 5.02 Å². The Bertz CT molecular complexity index is 725. The van der Waals surface area contributed by atoms with Crippen LogP contribution in [0.4, 0.5) is 0 Å². The van der Waals surface area contributed by atoms with Crippen LogP contribution in [0.1, 0.15) is 36.6 Å². The van der Waals surface area contributed by atoms with E-state index in [1.807, 2.05) is 17.6 Å². The van der Waals surface area contributed by atoms with Crippen LogP contribution in [0.15, 0.2) is 41.9 Å². The maximum atomic E-state index is 6.18. The summed E-state index contributed by atoms with van der Waals surface area (Å²) in [6, 6.07) is 10.6. The highest BCUT2D eigenvalue weighted by Crippen LogP contribution is 2.33. The Balaban J connectivity index is 1.82. The van der Waals surface area contributed by atoms with Crippen molar-refractivity contribution < 1.29 is 0 Å². The van der Waals surface area contributed by atoms with Gasteiger partial charge in [0, 0.05) is 12.1 Å². The third-order valence-electron chi connectivity index (χ3n) is 3.56. The SMILES string of the molecule is CC(C)c1[nH]ncc1Cc1ccc(-c2sccc2Cl)cc1. The molecule has 1 aromatic carbocycles. The Labute approximate surface area is 133 Å². The van der Waals surface area contributed by atoms with Gasteiger partial charge in [-0.2, -0.15) is 5.10 Å². The zero-order valence-electron chi connectivity index (χ0n) is 12.1. The van der Waals surface area contributed by atoms with Crippen LogP contribution in [0.25, 0.3) is 10.4 Å². The summed E-state index contributed by atoms with van der Waals surface area (Å²) in [5, 5.41) is 10.1. The standard InChI is InChI=1S/C17H17ClN2S/c1-11(2)16-14(10-19-20-16)9-12-3-5-13(6-4-12)17-15(18)7-8-21-17/h3-8,10-11H,9H2,1-2H3,(H,19,20). The van der Waals surface area contributed by atoms with Gasteiger partial charge in [0.25, 0.3) is 0 Å². The van der Waals surface area contributed by atoms with E-state index in [0.717, 1.165) is 16.3 Å². The molecule has 0 amide bonds. The van der Waals surface area contributed by atoms with Gasteiger partial charge in [-0.15, -0.1) is 11.3 Å². The van der Waals surface area contributed by atoms with Crippen LogP contribution in [-0.4, -0.2) is 10.2 Å². The van der Waals surface area contributed by atoms with E-state index in [1.165, 1.54) is 22.4 Å². The number of hydrogen-bond acceptors (Lipinski definition) is 2. The molecule has 0 unspecified atom stereocenters. The highest BCUT2D eigenvalue weighted by atomic mass is 35.5. The van der Waals surface area contributed by atoms with Crippen molar-refractivity contribution in [3.8, 4) is 10.4 Å². The molecule has 3 rings (SSSR count). The molecule has 2 heterocycles. The number of aromatic nitrogens is 2. The number of nitrogens with one attached hydrogen (secondary N) is 1. The first kappa shape index (κ1) is 14.4. The molecule has 1 N–H and O–H groups in total. The van der Waals surface area contributed by atoms with Crippen molar-refractivity contribution in [2.75, 3.05) is 0 Å². The second-order valence-electron chi connectivity index (χ2n) is 5.43. The van der Waals surface area contributed by atoms with Crippen LogP contribution in [0.5, 0.6) is 0 Å². The summed E-state index contributed by atoms with van der Waals surface area (Å²) in [5.41, 5.74) is 4.96. The number of halogens is 1. The van der Waals surface area contributed by atoms with Crippen LogP contribution in [0.3, 0.4) is 0 Å². The summed E-state index contributed by atoms with van der Waals surface area (Å²) in [6.45, 7) is 4.36. The molecule has 0 aliphatic rings. The van der Waals surface area contributed by atoms with E-state index in [2.05, 4.69) is 48.3 Å². The minimum Gasteiger partial charge on any atom is -0.282 e. The second kappa shape index (κ2) is 6.04. The van der Waals surface area contributed by atoms with Gasteiger partial charge in [-0.25, -0.2) is 0 Å². The Hall–Kier alpha value is -1.58. The smallest absolute Gasteiger partial charge is 0.0592 e. The molecule has 0 aliphatic heterocycles. The zero-order valence-corrected chi connectivity index (χ0v) is 13.6. The van der Waals surface area contributed by atoms with Crippen LogP contribution in [-0.2, 0) is 6.42 Å². The van der Waals surface area contributed by atoms with Gasteiger partial charge < -0.3 is 0 Å². The minimum absolute atomic E-state index is 0.465. The molecule has 21 heavy (non-hydrogen) atoms. The van der Waals surface area contributed by atoms with Crippen molar-refractivity contribution in [1.82, 2.24) is 10.2 Å². The normalized spacial score (nSPS) is 11.2. The van der Waals surface area contributed by atoms with E-state index >= 15 is 0 Å². The van der Waals surface area contributed by atoms with E-state index < -0.39 is 0 Å². The molecule has 2 aromatic heterocycles. The highest BCUT2D eigenvalue weighted by Gasteiger charge is 2.10. The lowest BCUT2D eigenvalue weighted by Crippen LogP contribution is -1.95. The molecule has 0 bridgehead atoms. The number of benzene rings is 1. The first-order valence-electron chi connectivity index (χ1n) is 6.99. The van der Waals surface area contributed by atoms with E-state index in [4.69, 9.17) is 11.6 Å². The summed E-state index contributed by atoms with van der Waals surface area (Å²) in [4.78, 5) is 1.13. The maximum absolute atomic E-state index is 6.18. The van der Waals surface area contributed by atoms with Crippen molar-refractivity contribution in [3.05, 3.63) is 63.8 Å². The molecular weight excluding hydrogens is 300 g/mol. The van der Waals surface area contributed by atoms with Gasteiger partial charge in [-0.05, 0) is 34.1 Å². The van der Waals surface area contributed by atoms with Gasteiger partial charge in [0.15, 0.2) is 0 Å². The quantitative estimate of drug-likeness (QED) is 0.676. The molecule has 0 aliphatic carbocycles. The molecule has 108 valence electrons. The molecule has 0 saturated heterocycles. The van der Waals surface area contributed by atoms with Crippen molar-refractivity contribution >= 4 is 22.9 Å². The first-order valence-corrected chi connectivity index (χ1v) is 8.25. The van der Waals surface area contributed by atoms with Gasteiger partial charge in [0.2, 0.25) is 0 Å².